The molecule has 2 aromatic rings. The van der Waals surface area contributed by atoms with E-state index in [9.17, 15) is 20.2 Å². The zero-order valence-corrected chi connectivity index (χ0v) is 33.7. The summed E-state index contributed by atoms with van der Waals surface area (Å²) in [5.41, 5.74) is 0.147. The fraction of sp³-hybridized carbons (Fsp3) is 0.667. The Kier molecular flexibility index (Phi) is 20.1. The molecule has 0 bridgehead atoms. The van der Waals surface area contributed by atoms with E-state index in [0.29, 0.717) is 23.7 Å². The number of nitrogens with one attached hydrogen (secondary N) is 1. The molecule has 0 saturated carbocycles. The van der Waals surface area contributed by atoms with Crippen LogP contribution >= 0.6 is 0 Å². The molecule has 0 radical (unpaired) electrons. The quantitative estimate of drug-likeness (QED) is 0.0515. The van der Waals surface area contributed by atoms with E-state index in [1.54, 1.807) is 35.0 Å². The maximum absolute atomic E-state index is 11.7. The van der Waals surface area contributed by atoms with E-state index in [4.69, 9.17) is 19.0 Å². The monoisotopic (exact) mass is 738 g/mol. The van der Waals surface area contributed by atoms with Gasteiger partial charge in [-0.3, -0.25) is 4.79 Å². The van der Waals surface area contributed by atoms with E-state index in [1.807, 2.05) is 42.5 Å². The number of methoxy groups -OCH3 is 2. The molecule has 2 rings (SSSR count). The molecule has 296 valence electrons. The lowest BCUT2D eigenvalue weighted by Gasteiger charge is -2.37. The minimum Gasteiger partial charge on any atom is -0.493 e. The summed E-state index contributed by atoms with van der Waals surface area (Å²) in [7, 11) is 5.33. The van der Waals surface area contributed by atoms with Crippen molar-refractivity contribution in [3.8, 4) is 23.3 Å². The highest BCUT2D eigenvalue weighted by molar-refractivity contribution is 5.73. The molecule has 3 atom stereocenters. The van der Waals surface area contributed by atoms with E-state index < -0.39 is 28.2 Å². The first-order valence-corrected chi connectivity index (χ1v) is 19.5. The fourth-order valence-corrected chi connectivity index (χ4v) is 7.17. The third-order valence-electron chi connectivity index (χ3n) is 10.1. The van der Waals surface area contributed by atoms with Crippen molar-refractivity contribution in [1.29, 1.82) is 5.26 Å². The first kappa shape index (κ1) is 45.1. The van der Waals surface area contributed by atoms with Crippen LogP contribution in [-0.2, 0) is 21.5 Å². The molecule has 0 aliphatic rings. The number of nitrogens with zero attached hydrogens (tertiary/aromatic N) is 3. The Morgan fingerprint density at radius 3 is 2.09 bits per heavy atom. The van der Waals surface area contributed by atoms with Crippen molar-refractivity contribution >= 4 is 5.91 Å². The average Bonchev–Trinajstić information content (AvgIpc) is 3.12. The lowest BCUT2D eigenvalue weighted by molar-refractivity contribution is -0.772. The summed E-state index contributed by atoms with van der Waals surface area (Å²) < 4.78 is 17.5. The summed E-state index contributed by atoms with van der Waals surface area (Å²) in [5.74, 6) is 1.57. The molecule has 11 heteroatoms. The molecule has 1 amide bonds. The van der Waals surface area contributed by atoms with Crippen molar-refractivity contribution in [2.24, 2.45) is 0 Å². The van der Waals surface area contributed by atoms with Crippen molar-refractivity contribution in [3.63, 3.8) is 0 Å². The van der Waals surface area contributed by atoms with Crippen LogP contribution in [0.15, 0.2) is 42.5 Å². The number of carbonyl (C=O) groups is 1. The van der Waals surface area contributed by atoms with Gasteiger partial charge in [-0.2, -0.15) is 5.26 Å². The zero-order valence-electron chi connectivity index (χ0n) is 33.7. The van der Waals surface area contributed by atoms with Gasteiger partial charge in [-0.15, -0.1) is 10.1 Å². The van der Waals surface area contributed by atoms with Gasteiger partial charge in [0, 0.05) is 13.5 Å². The molecular formula is C42H66N4O7. The van der Waals surface area contributed by atoms with Crippen molar-refractivity contribution in [1.82, 2.24) is 10.2 Å². The minimum absolute atomic E-state index is 0.316. The van der Waals surface area contributed by atoms with E-state index in [1.165, 1.54) is 58.3 Å². The molecule has 0 fully saturated rings. The Morgan fingerprint density at radius 2 is 1.51 bits per heavy atom. The van der Waals surface area contributed by atoms with Gasteiger partial charge in [0.25, 0.3) is 5.09 Å². The summed E-state index contributed by atoms with van der Waals surface area (Å²) in [4.78, 5) is 30.4. The van der Waals surface area contributed by atoms with Crippen LogP contribution in [0.2, 0.25) is 0 Å². The van der Waals surface area contributed by atoms with Crippen molar-refractivity contribution < 1.29 is 28.9 Å². The van der Waals surface area contributed by atoms with Crippen LogP contribution in [0.4, 0.5) is 0 Å². The second kappa shape index (κ2) is 23.6. The number of carbonyl (C=O) groups excluding carboxylic acids is 1. The van der Waals surface area contributed by atoms with E-state index in [0.717, 1.165) is 56.3 Å². The summed E-state index contributed by atoms with van der Waals surface area (Å²) >= 11 is 0. The Hall–Kier alpha value is -4.04. The van der Waals surface area contributed by atoms with Crippen LogP contribution in [0.1, 0.15) is 129 Å². The van der Waals surface area contributed by atoms with Gasteiger partial charge < -0.3 is 29.3 Å². The number of hydrogen-bond acceptors (Lipinski definition) is 9. The zero-order chi connectivity index (χ0) is 39.3. The molecule has 0 spiro atoms. The first-order valence-electron chi connectivity index (χ1n) is 19.5. The number of ether oxygens (including phenoxy) is 3. The molecule has 0 heterocycles. The van der Waals surface area contributed by atoms with Crippen LogP contribution in [-0.4, -0.2) is 68.0 Å². The van der Waals surface area contributed by atoms with Gasteiger partial charge in [0.1, 0.15) is 11.4 Å². The Labute approximate surface area is 318 Å². The Morgan fingerprint density at radius 1 is 0.906 bits per heavy atom. The number of rotatable bonds is 28. The number of nitriles is 1. The van der Waals surface area contributed by atoms with Crippen LogP contribution in [0.3, 0.4) is 0 Å². The molecule has 0 aromatic heterocycles. The predicted molar refractivity (Wildman–Crippen MR) is 210 cm³/mol. The number of likely N-dealkylation sites (N-methyl/N-ethyl adjacent to an activating group) is 1. The van der Waals surface area contributed by atoms with Crippen LogP contribution in [0.25, 0.3) is 0 Å². The average molecular weight is 739 g/mol. The van der Waals surface area contributed by atoms with Gasteiger partial charge in [-0.05, 0) is 89.4 Å². The molecule has 0 aliphatic heterocycles. The number of amides is 1. The van der Waals surface area contributed by atoms with E-state index in [-0.39, 0.29) is 5.91 Å². The van der Waals surface area contributed by atoms with Gasteiger partial charge in [-0.1, -0.05) is 95.4 Å². The van der Waals surface area contributed by atoms with Gasteiger partial charge in [0.2, 0.25) is 5.91 Å². The standard InChI is InChI=1S/C42H66N4O7/c1-9-10-11-12-13-14-15-16-17-20-27-42(32-43,36-24-25-38(50-7)39(31-36)51-8)28-21-29-45(6)30-26-35-22-18-19-23-37(35)52-41(4,5)40(53-46(48)49)33(2)44-34(3)47/h18-19,22-25,31,33,40H,9-17,20-21,26-30H2,1-8H3,(H,44,47). The molecule has 0 aliphatic carbocycles. The minimum atomic E-state index is -1.14. The smallest absolute Gasteiger partial charge is 0.295 e. The molecule has 11 nitrogen and oxygen atoms in total. The van der Waals surface area contributed by atoms with Crippen molar-refractivity contribution in [2.45, 2.75) is 148 Å². The Balaban J connectivity index is 2.08. The number of benzene rings is 2. The van der Waals surface area contributed by atoms with E-state index in [2.05, 4.69) is 30.3 Å². The third-order valence-corrected chi connectivity index (χ3v) is 10.1. The maximum atomic E-state index is 11.7. The topological polar surface area (TPSA) is 136 Å². The van der Waals surface area contributed by atoms with Gasteiger partial charge >= 0.3 is 0 Å². The summed E-state index contributed by atoms with van der Waals surface area (Å²) in [6, 6.07) is 15.6. The summed E-state index contributed by atoms with van der Waals surface area (Å²) in [6.07, 6.45) is 14.4. The van der Waals surface area contributed by atoms with Crippen LogP contribution in [0, 0.1) is 21.4 Å². The molecule has 53 heavy (non-hydrogen) atoms. The third kappa shape index (κ3) is 15.5. The highest BCUT2D eigenvalue weighted by Gasteiger charge is 2.40. The highest BCUT2D eigenvalue weighted by Crippen LogP contribution is 2.39. The molecule has 1 N–H and O–H groups in total. The molecule has 2 aromatic carbocycles. The molecular weight excluding hydrogens is 672 g/mol. The highest BCUT2D eigenvalue weighted by atomic mass is 17.0. The Bertz CT molecular complexity index is 1430. The number of para-hydroxylation sites is 1. The predicted octanol–water partition coefficient (Wildman–Crippen LogP) is 8.99. The SMILES string of the molecule is CCCCCCCCCCCCC(C#N)(CCCN(C)CCc1ccccc1OC(C)(C)C(O[N+](=O)[O-])C(C)NC(C)=O)c1ccc(OC)c(OC)c1. The summed E-state index contributed by atoms with van der Waals surface area (Å²) in [6.45, 7) is 10.2. The second-order valence-electron chi connectivity index (χ2n) is 14.9. The van der Waals surface area contributed by atoms with Gasteiger partial charge in [0.05, 0.1) is 31.7 Å². The van der Waals surface area contributed by atoms with Gasteiger partial charge in [0.15, 0.2) is 17.6 Å². The molecule has 3 unspecified atom stereocenters. The first-order chi connectivity index (χ1) is 25.3. The normalized spacial score (nSPS) is 13.7. The fourth-order valence-electron chi connectivity index (χ4n) is 7.17. The molecule has 0 saturated heterocycles. The van der Waals surface area contributed by atoms with Crippen molar-refractivity contribution in [2.75, 3.05) is 34.4 Å². The van der Waals surface area contributed by atoms with Crippen LogP contribution < -0.4 is 19.5 Å². The van der Waals surface area contributed by atoms with Crippen molar-refractivity contribution in [3.05, 3.63) is 63.7 Å². The largest absolute Gasteiger partial charge is 0.493 e. The lowest BCUT2D eigenvalue weighted by Crippen LogP contribution is -2.55. The number of unbranched alkanes of at least 4 members (excludes halogenated alkanes) is 9. The second-order valence-corrected chi connectivity index (χ2v) is 14.9. The summed E-state index contributed by atoms with van der Waals surface area (Å²) in [5, 5.41) is 24.0. The van der Waals surface area contributed by atoms with E-state index >= 15 is 0 Å². The lowest BCUT2D eigenvalue weighted by atomic mass is 9.74. The maximum Gasteiger partial charge on any atom is 0.295 e. The number of hydrogen-bond donors (Lipinski definition) is 1. The van der Waals surface area contributed by atoms with Crippen LogP contribution in [0.5, 0.6) is 17.2 Å². The van der Waals surface area contributed by atoms with Gasteiger partial charge in [-0.25, -0.2) is 0 Å².